The molecular weight excluding hydrogens is 231 g/mol. The summed E-state index contributed by atoms with van der Waals surface area (Å²) in [5.74, 6) is -0.761. The first kappa shape index (κ1) is 11.5. The first-order valence-electron chi connectivity index (χ1n) is 4.92. The van der Waals surface area contributed by atoms with Gasteiger partial charge < -0.3 is 0 Å². The Labute approximate surface area is 93.7 Å². The monoisotopic (exact) mass is 244 g/mol. The van der Waals surface area contributed by atoms with E-state index < -0.39 is 21.1 Å². The van der Waals surface area contributed by atoms with E-state index in [0.29, 0.717) is 12.1 Å². The van der Waals surface area contributed by atoms with E-state index in [1.165, 1.54) is 6.07 Å². The lowest BCUT2D eigenvalue weighted by Crippen LogP contribution is -2.37. The van der Waals surface area contributed by atoms with E-state index in [4.69, 9.17) is 0 Å². The predicted octanol–water partition coefficient (Wildman–Crippen LogP) is 0.388. The molecule has 0 aromatic heterocycles. The number of sulfone groups is 1. The first-order valence-corrected chi connectivity index (χ1v) is 6.87. The van der Waals surface area contributed by atoms with E-state index in [0.717, 1.165) is 6.26 Å². The molecule has 1 fully saturated rings. The molecule has 1 saturated heterocycles. The SMILES string of the molecule is CS(=O)(=O)C1NNCC1c1ccccc1F. The maximum absolute atomic E-state index is 13.6. The zero-order valence-electron chi connectivity index (χ0n) is 8.77. The second-order valence-corrected chi connectivity index (χ2v) is 6.07. The van der Waals surface area contributed by atoms with Crippen molar-refractivity contribution in [3.05, 3.63) is 35.6 Å². The van der Waals surface area contributed by atoms with Gasteiger partial charge in [-0.2, -0.15) is 0 Å². The van der Waals surface area contributed by atoms with Gasteiger partial charge in [0, 0.05) is 18.7 Å². The van der Waals surface area contributed by atoms with Crippen molar-refractivity contribution in [2.45, 2.75) is 11.3 Å². The van der Waals surface area contributed by atoms with Gasteiger partial charge >= 0.3 is 0 Å². The fraction of sp³-hybridized carbons (Fsp3) is 0.400. The Hall–Kier alpha value is -0.980. The van der Waals surface area contributed by atoms with Gasteiger partial charge in [-0.25, -0.2) is 18.2 Å². The smallest absolute Gasteiger partial charge is 0.165 e. The molecule has 2 unspecified atom stereocenters. The fourth-order valence-corrected chi connectivity index (χ4v) is 3.07. The lowest BCUT2D eigenvalue weighted by atomic mass is 10.00. The van der Waals surface area contributed by atoms with Crippen LogP contribution in [-0.2, 0) is 9.84 Å². The molecule has 0 saturated carbocycles. The molecule has 0 aliphatic carbocycles. The Morgan fingerprint density at radius 2 is 2.06 bits per heavy atom. The van der Waals surface area contributed by atoms with Crippen molar-refractivity contribution in [1.82, 2.24) is 10.9 Å². The number of hydrogen-bond acceptors (Lipinski definition) is 4. The third-order valence-corrected chi connectivity index (χ3v) is 4.07. The summed E-state index contributed by atoms with van der Waals surface area (Å²) >= 11 is 0. The van der Waals surface area contributed by atoms with Crippen molar-refractivity contribution < 1.29 is 12.8 Å². The van der Waals surface area contributed by atoms with Crippen LogP contribution in [0.5, 0.6) is 0 Å². The number of hydrogen-bond donors (Lipinski definition) is 2. The van der Waals surface area contributed by atoms with E-state index in [2.05, 4.69) is 10.9 Å². The van der Waals surface area contributed by atoms with Gasteiger partial charge in [-0.1, -0.05) is 18.2 Å². The summed E-state index contributed by atoms with van der Waals surface area (Å²) in [5, 5.41) is -0.774. The molecule has 1 aliphatic rings. The lowest BCUT2D eigenvalue weighted by Gasteiger charge is -2.17. The van der Waals surface area contributed by atoms with Crippen LogP contribution >= 0.6 is 0 Å². The Morgan fingerprint density at radius 1 is 1.38 bits per heavy atom. The molecule has 1 aromatic rings. The Kier molecular flexibility index (Phi) is 2.96. The molecule has 2 N–H and O–H groups in total. The standard InChI is InChI=1S/C10H13FN2O2S/c1-16(14,15)10-8(6-12-13-10)7-4-2-3-5-9(7)11/h2-5,8,10,12-13H,6H2,1H3. The molecule has 4 nitrogen and oxygen atoms in total. The number of benzene rings is 1. The van der Waals surface area contributed by atoms with Gasteiger partial charge in [-0.3, -0.25) is 5.43 Å². The van der Waals surface area contributed by atoms with Gasteiger partial charge in [-0.15, -0.1) is 0 Å². The van der Waals surface area contributed by atoms with Crippen LogP contribution < -0.4 is 10.9 Å². The second kappa shape index (κ2) is 4.12. The minimum atomic E-state index is -3.26. The topological polar surface area (TPSA) is 58.2 Å². The van der Waals surface area contributed by atoms with Gasteiger partial charge in [0.05, 0.1) is 0 Å². The Balaban J connectivity index is 2.38. The third kappa shape index (κ3) is 2.09. The molecule has 1 aromatic carbocycles. The van der Waals surface area contributed by atoms with Gasteiger partial charge in [0.2, 0.25) is 0 Å². The Morgan fingerprint density at radius 3 is 2.69 bits per heavy atom. The highest BCUT2D eigenvalue weighted by Gasteiger charge is 2.36. The summed E-state index contributed by atoms with van der Waals surface area (Å²) < 4.78 is 36.6. The van der Waals surface area contributed by atoms with Crippen LogP contribution in [0, 0.1) is 5.82 Å². The average molecular weight is 244 g/mol. The minimum Gasteiger partial charge on any atom is -0.256 e. The summed E-state index contributed by atoms with van der Waals surface area (Å²) in [6, 6.07) is 6.25. The van der Waals surface area contributed by atoms with Crippen molar-refractivity contribution in [3.63, 3.8) is 0 Å². The summed E-state index contributed by atoms with van der Waals surface area (Å²) in [6.45, 7) is 0.401. The predicted molar refractivity (Wildman–Crippen MR) is 58.9 cm³/mol. The fourth-order valence-electron chi connectivity index (χ4n) is 1.93. The molecule has 1 aliphatic heterocycles. The highest BCUT2D eigenvalue weighted by Crippen LogP contribution is 2.26. The van der Waals surface area contributed by atoms with Crippen LogP contribution in [0.4, 0.5) is 4.39 Å². The molecule has 88 valence electrons. The normalized spacial score (nSPS) is 25.9. The van der Waals surface area contributed by atoms with Crippen LogP contribution in [-0.4, -0.2) is 26.6 Å². The molecule has 0 spiro atoms. The highest BCUT2D eigenvalue weighted by atomic mass is 32.2. The summed E-state index contributed by atoms with van der Waals surface area (Å²) in [5.41, 5.74) is 5.85. The van der Waals surface area contributed by atoms with Gasteiger partial charge in [-0.05, 0) is 11.6 Å². The third-order valence-electron chi connectivity index (χ3n) is 2.70. The van der Waals surface area contributed by atoms with E-state index in [9.17, 15) is 12.8 Å². The van der Waals surface area contributed by atoms with Crippen LogP contribution in [0.25, 0.3) is 0 Å². The van der Waals surface area contributed by atoms with Crippen LogP contribution in [0.2, 0.25) is 0 Å². The molecule has 16 heavy (non-hydrogen) atoms. The van der Waals surface area contributed by atoms with Gasteiger partial charge in [0.15, 0.2) is 9.84 Å². The van der Waals surface area contributed by atoms with Crippen molar-refractivity contribution in [2.75, 3.05) is 12.8 Å². The number of rotatable bonds is 2. The van der Waals surface area contributed by atoms with Crippen molar-refractivity contribution in [1.29, 1.82) is 0 Å². The Bertz CT molecular complexity index is 489. The molecule has 0 bridgehead atoms. The number of hydrazine groups is 1. The largest absolute Gasteiger partial charge is 0.256 e. The highest BCUT2D eigenvalue weighted by molar-refractivity contribution is 7.91. The van der Waals surface area contributed by atoms with Crippen LogP contribution in [0.1, 0.15) is 11.5 Å². The molecule has 1 heterocycles. The second-order valence-electron chi connectivity index (χ2n) is 3.90. The summed E-state index contributed by atoms with van der Waals surface area (Å²) in [6.07, 6.45) is 1.14. The number of halogens is 1. The van der Waals surface area contributed by atoms with Crippen molar-refractivity contribution in [2.24, 2.45) is 0 Å². The summed E-state index contributed by atoms with van der Waals surface area (Å²) in [7, 11) is -3.26. The molecule has 6 heteroatoms. The van der Waals surface area contributed by atoms with E-state index >= 15 is 0 Å². The molecular formula is C10H13FN2O2S. The molecule has 2 rings (SSSR count). The van der Waals surface area contributed by atoms with E-state index in [1.54, 1.807) is 18.2 Å². The van der Waals surface area contributed by atoms with E-state index in [-0.39, 0.29) is 5.82 Å². The molecule has 2 atom stereocenters. The molecule has 0 radical (unpaired) electrons. The number of nitrogens with one attached hydrogen (secondary N) is 2. The zero-order chi connectivity index (χ0) is 11.8. The maximum Gasteiger partial charge on any atom is 0.165 e. The lowest BCUT2D eigenvalue weighted by molar-refractivity contribution is 0.548. The molecule has 0 amide bonds. The maximum atomic E-state index is 13.6. The van der Waals surface area contributed by atoms with Gasteiger partial charge in [0.25, 0.3) is 0 Å². The van der Waals surface area contributed by atoms with Crippen molar-refractivity contribution >= 4 is 9.84 Å². The van der Waals surface area contributed by atoms with Crippen molar-refractivity contribution in [3.8, 4) is 0 Å². The van der Waals surface area contributed by atoms with Crippen LogP contribution in [0.3, 0.4) is 0 Å². The first-order chi connectivity index (χ1) is 7.50. The zero-order valence-corrected chi connectivity index (χ0v) is 9.59. The van der Waals surface area contributed by atoms with Gasteiger partial charge in [0.1, 0.15) is 11.2 Å². The quantitative estimate of drug-likeness (QED) is 0.790. The average Bonchev–Trinajstić information content (AvgIpc) is 2.66. The summed E-state index contributed by atoms with van der Waals surface area (Å²) in [4.78, 5) is 0. The van der Waals surface area contributed by atoms with E-state index in [1.807, 2.05) is 0 Å². The minimum absolute atomic E-state index is 0.369. The van der Waals surface area contributed by atoms with Crippen LogP contribution in [0.15, 0.2) is 24.3 Å².